The molecule has 0 aliphatic carbocycles. The van der Waals surface area contributed by atoms with Crippen molar-refractivity contribution in [3.8, 4) is 5.88 Å². The molecule has 1 aliphatic rings. The Bertz CT molecular complexity index is 487. The highest BCUT2D eigenvalue weighted by molar-refractivity contribution is 14.1. The van der Waals surface area contributed by atoms with E-state index in [9.17, 15) is 13.6 Å². The Labute approximate surface area is 123 Å². The summed E-state index contributed by atoms with van der Waals surface area (Å²) in [6.07, 6.45) is 0.956. The van der Waals surface area contributed by atoms with Gasteiger partial charge in [0.15, 0.2) is 0 Å². The Kier molecular flexibility index (Phi) is 4.22. The van der Waals surface area contributed by atoms with Gasteiger partial charge in [0.2, 0.25) is 5.88 Å². The van der Waals surface area contributed by atoms with Gasteiger partial charge in [-0.2, -0.15) is 0 Å². The van der Waals surface area contributed by atoms with Gasteiger partial charge in [-0.15, -0.1) is 0 Å². The van der Waals surface area contributed by atoms with Crippen LogP contribution < -0.4 is 4.74 Å². The summed E-state index contributed by atoms with van der Waals surface area (Å²) in [6.45, 7) is 0.111. The van der Waals surface area contributed by atoms with Crippen LogP contribution in [0.1, 0.15) is 23.2 Å². The van der Waals surface area contributed by atoms with Crippen molar-refractivity contribution in [1.29, 1.82) is 0 Å². The molecule has 104 valence electrons. The fourth-order valence-corrected chi connectivity index (χ4v) is 2.59. The molecule has 1 saturated heterocycles. The molecular weight excluding hydrogens is 369 g/mol. The number of hydrogen-bond acceptors (Lipinski definition) is 3. The minimum absolute atomic E-state index is 0.0555. The van der Waals surface area contributed by atoms with Gasteiger partial charge in [-0.25, -0.2) is 13.8 Å². The fraction of sp³-hybridized carbons (Fsp3) is 0.500. The zero-order chi connectivity index (χ0) is 14.0. The van der Waals surface area contributed by atoms with Crippen molar-refractivity contribution in [3.63, 3.8) is 0 Å². The summed E-state index contributed by atoms with van der Waals surface area (Å²) in [4.78, 5) is 17.8. The number of rotatable bonds is 2. The first-order valence-corrected chi connectivity index (χ1v) is 6.88. The molecule has 2 rings (SSSR count). The Morgan fingerprint density at radius 2 is 2.11 bits per heavy atom. The average molecular weight is 382 g/mol. The Hall–Kier alpha value is -0.990. The van der Waals surface area contributed by atoms with Gasteiger partial charge < -0.3 is 9.64 Å². The number of amides is 1. The summed E-state index contributed by atoms with van der Waals surface area (Å²) in [5.74, 6) is -2.73. The maximum atomic E-state index is 13.1. The van der Waals surface area contributed by atoms with Crippen LogP contribution in [0.3, 0.4) is 0 Å². The maximum absolute atomic E-state index is 13.1. The van der Waals surface area contributed by atoms with Crippen LogP contribution in [0.15, 0.2) is 12.3 Å². The number of aromatic nitrogens is 1. The van der Waals surface area contributed by atoms with E-state index in [2.05, 4.69) is 4.98 Å². The lowest BCUT2D eigenvalue weighted by atomic mass is 10.1. The van der Waals surface area contributed by atoms with E-state index < -0.39 is 5.92 Å². The highest BCUT2D eigenvalue weighted by Crippen LogP contribution is 2.30. The molecule has 0 saturated carbocycles. The van der Waals surface area contributed by atoms with Crippen molar-refractivity contribution in [1.82, 2.24) is 9.88 Å². The Morgan fingerprint density at radius 3 is 2.68 bits per heavy atom. The van der Waals surface area contributed by atoms with Crippen molar-refractivity contribution in [2.75, 3.05) is 20.2 Å². The molecule has 19 heavy (non-hydrogen) atoms. The normalized spacial score (nSPS) is 18.2. The number of carbonyl (C=O) groups excluding carboxylic acids is 1. The summed E-state index contributed by atoms with van der Waals surface area (Å²) in [5.41, 5.74) is 0.343. The molecule has 1 aromatic heterocycles. The fourth-order valence-electron chi connectivity index (χ4n) is 1.96. The van der Waals surface area contributed by atoms with Crippen LogP contribution in [0.2, 0.25) is 0 Å². The van der Waals surface area contributed by atoms with Crippen LogP contribution in [0.4, 0.5) is 8.78 Å². The van der Waals surface area contributed by atoms with Crippen LogP contribution >= 0.6 is 22.6 Å². The average Bonchev–Trinajstić information content (AvgIpc) is 2.37. The molecule has 0 unspecified atom stereocenters. The number of likely N-dealkylation sites (tertiary alicyclic amines) is 1. The molecule has 1 aliphatic heterocycles. The molecule has 0 bridgehead atoms. The van der Waals surface area contributed by atoms with Crippen LogP contribution in [0.25, 0.3) is 0 Å². The first-order valence-electron chi connectivity index (χ1n) is 5.80. The van der Waals surface area contributed by atoms with Gasteiger partial charge in [0.1, 0.15) is 5.56 Å². The number of alkyl halides is 2. The van der Waals surface area contributed by atoms with Crippen LogP contribution in [0.5, 0.6) is 5.88 Å². The summed E-state index contributed by atoms with van der Waals surface area (Å²) in [7, 11) is 1.43. The largest absolute Gasteiger partial charge is 0.480 e. The van der Waals surface area contributed by atoms with Crippen LogP contribution in [-0.4, -0.2) is 41.9 Å². The van der Waals surface area contributed by atoms with Crippen molar-refractivity contribution in [2.24, 2.45) is 0 Å². The molecule has 0 aromatic carbocycles. The second-order valence-electron chi connectivity index (χ2n) is 4.33. The van der Waals surface area contributed by atoms with E-state index in [0.29, 0.717) is 9.13 Å². The van der Waals surface area contributed by atoms with E-state index in [1.54, 1.807) is 12.3 Å². The first-order chi connectivity index (χ1) is 8.94. The van der Waals surface area contributed by atoms with E-state index >= 15 is 0 Å². The summed E-state index contributed by atoms with van der Waals surface area (Å²) < 4.78 is 32.0. The van der Waals surface area contributed by atoms with Crippen molar-refractivity contribution in [3.05, 3.63) is 21.4 Å². The second-order valence-corrected chi connectivity index (χ2v) is 5.49. The summed E-state index contributed by atoms with van der Waals surface area (Å²) in [6, 6.07) is 1.69. The quantitative estimate of drug-likeness (QED) is 0.739. The Balaban J connectivity index is 2.21. The third-order valence-corrected chi connectivity index (χ3v) is 3.95. The van der Waals surface area contributed by atoms with Crippen molar-refractivity contribution >= 4 is 28.5 Å². The molecular formula is C12H13F2IN2O2. The van der Waals surface area contributed by atoms with Gasteiger partial charge in [0.25, 0.3) is 11.8 Å². The number of ether oxygens (including phenoxy) is 1. The predicted molar refractivity (Wildman–Crippen MR) is 73.6 cm³/mol. The van der Waals surface area contributed by atoms with E-state index in [0.717, 1.165) is 0 Å². The third kappa shape index (κ3) is 3.13. The van der Waals surface area contributed by atoms with Gasteiger partial charge in [-0.1, -0.05) is 0 Å². The van der Waals surface area contributed by atoms with Gasteiger partial charge in [0.05, 0.1) is 7.11 Å². The monoisotopic (exact) mass is 382 g/mol. The molecule has 0 spiro atoms. The zero-order valence-electron chi connectivity index (χ0n) is 10.3. The lowest BCUT2D eigenvalue weighted by Gasteiger charge is -2.32. The lowest BCUT2D eigenvalue weighted by Crippen LogP contribution is -2.43. The standard InChI is InChI=1S/C12H13F2IN2O2/c1-19-10-9(8(15)2-5-16-10)11(18)17-6-3-12(13,14)4-7-17/h2,5H,3-4,6-7H2,1H3. The molecule has 7 heteroatoms. The highest BCUT2D eigenvalue weighted by Gasteiger charge is 2.36. The minimum atomic E-state index is -2.66. The number of halogens is 3. The van der Waals surface area contributed by atoms with Gasteiger partial charge in [-0.3, -0.25) is 4.79 Å². The molecule has 4 nitrogen and oxygen atoms in total. The molecule has 1 amide bonds. The van der Waals surface area contributed by atoms with E-state index in [4.69, 9.17) is 4.74 Å². The number of methoxy groups -OCH3 is 1. The number of pyridine rings is 1. The topological polar surface area (TPSA) is 42.4 Å². The van der Waals surface area contributed by atoms with Gasteiger partial charge in [-0.05, 0) is 28.7 Å². The maximum Gasteiger partial charge on any atom is 0.260 e. The van der Waals surface area contributed by atoms with Crippen molar-refractivity contribution in [2.45, 2.75) is 18.8 Å². The van der Waals surface area contributed by atoms with Crippen LogP contribution in [0, 0.1) is 3.57 Å². The van der Waals surface area contributed by atoms with Crippen molar-refractivity contribution < 1.29 is 18.3 Å². The molecule has 0 N–H and O–H groups in total. The Morgan fingerprint density at radius 1 is 1.47 bits per heavy atom. The van der Waals surface area contributed by atoms with E-state index in [1.165, 1.54) is 12.0 Å². The molecule has 1 aromatic rings. The van der Waals surface area contributed by atoms with Gasteiger partial charge in [0, 0.05) is 35.7 Å². The third-order valence-electron chi connectivity index (χ3n) is 3.05. The molecule has 2 heterocycles. The lowest BCUT2D eigenvalue weighted by molar-refractivity contribution is -0.0494. The first kappa shape index (κ1) is 14.4. The van der Waals surface area contributed by atoms with Gasteiger partial charge >= 0.3 is 0 Å². The SMILES string of the molecule is COc1nccc(I)c1C(=O)N1CCC(F)(F)CC1. The number of hydrogen-bond donors (Lipinski definition) is 0. The highest BCUT2D eigenvalue weighted by atomic mass is 127. The summed E-state index contributed by atoms with van der Waals surface area (Å²) in [5, 5.41) is 0. The smallest absolute Gasteiger partial charge is 0.260 e. The van der Waals surface area contributed by atoms with E-state index in [1.807, 2.05) is 22.6 Å². The van der Waals surface area contributed by atoms with Crippen LogP contribution in [-0.2, 0) is 0 Å². The molecule has 1 fully saturated rings. The predicted octanol–water partition coefficient (Wildman–Crippen LogP) is 2.57. The number of nitrogens with zero attached hydrogens (tertiary/aromatic N) is 2. The molecule has 0 atom stereocenters. The minimum Gasteiger partial charge on any atom is -0.480 e. The zero-order valence-corrected chi connectivity index (χ0v) is 12.5. The number of carbonyl (C=O) groups is 1. The number of piperidine rings is 1. The second kappa shape index (κ2) is 5.56. The summed E-state index contributed by atoms with van der Waals surface area (Å²) >= 11 is 2.01. The molecule has 0 radical (unpaired) electrons. The van der Waals surface area contributed by atoms with E-state index in [-0.39, 0.29) is 37.7 Å².